The zero-order valence-corrected chi connectivity index (χ0v) is 35.4. The number of piperazine rings is 1. The summed E-state index contributed by atoms with van der Waals surface area (Å²) in [7, 11) is 1.22. The minimum absolute atomic E-state index is 0.0238. The predicted molar refractivity (Wildman–Crippen MR) is 221 cm³/mol. The van der Waals surface area contributed by atoms with Crippen LogP contribution in [0.1, 0.15) is 76.6 Å². The first kappa shape index (κ1) is 45.1. The van der Waals surface area contributed by atoms with E-state index in [1.165, 1.54) is 31.5 Å². The summed E-state index contributed by atoms with van der Waals surface area (Å²) in [6.45, 7) is 12.6. The molecule has 2 aromatic heterocycles. The maximum Gasteiger partial charge on any atom is 0.573 e. The number of aromatic amines is 1. The second-order valence-electron chi connectivity index (χ2n) is 16.5. The number of nitrogens with one attached hydrogen (secondary N) is 3. The summed E-state index contributed by atoms with van der Waals surface area (Å²) >= 11 is 0. The Labute approximate surface area is 356 Å². The van der Waals surface area contributed by atoms with Crippen molar-refractivity contribution in [3.63, 3.8) is 0 Å². The van der Waals surface area contributed by atoms with E-state index in [-0.39, 0.29) is 40.6 Å². The molecule has 2 fully saturated rings. The van der Waals surface area contributed by atoms with E-state index in [0.717, 1.165) is 12.1 Å². The van der Waals surface area contributed by atoms with Crippen LogP contribution in [0.5, 0.6) is 5.75 Å². The number of amides is 4. The number of carbonyl (C=O) groups is 4. The van der Waals surface area contributed by atoms with Crippen LogP contribution in [0.15, 0.2) is 60.9 Å². The molecule has 4 amide bonds. The van der Waals surface area contributed by atoms with Crippen LogP contribution in [0.4, 0.5) is 38.7 Å². The van der Waals surface area contributed by atoms with Crippen LogP contribution in [-0.2, 0) is 14.3 Å². The Hall–Kier alpha value is -6.40. The standard InChI is InChI=1S/C43H50F4N8O7/c1-24(2)36(52-40(58)60-7)39(57)55-16-8-9-33(55)37-49-22-32(50-37)27-12-10-26(11-13-27)29-19-30(44)31(20-34(29)61-43(45,46)47)51-38(56)28-14-15-35(48-21-28)54-18-17-53(23-25(54)3)41(59)62-42(4,5)6/h10-15,19-22,24-25,33,36H,8-9,16-18,23H2,1-7H3,(H,49,50)(H,51,56)(H,52,58)/t25-,33+,36+/m1/s1. The van der Waals surface area contributed by atoms with E-state index in [0.29, 0.717) is 61.9 Å². The molecule has 2 aliphatic heterocycles. The number of nitrogens with zero attached hydrogens (tertiary/aromatic N) is 5. The summed E-state index contributed by atoms with van der Waals surface area (Å²) in [6.07, 6.45) is -2.07. The van der Waals surface area contributed by atoms with Crippen LogP contribution in [0, 0.1) is 11.7 Å². The number of methoxy groups -OCH3 is 1. The van der Waals surface area contributed by atoms with Crippen molar-refractivity contribution >= 4 is 35.5 Å². The smallest absolute Gasteiger partial charge is 0.453 e. The van der Waals surface area contributed by atoms with Crippen LogP contribution in [0.2, 0.25) is 0 Å². The van der Waals surface area contributed by atoms with Gasteiger partial charge in [0.2, 0.25) is 5.91 Å². The van der Waals surface area contributed by atoms with Gasteiger partial charge in [0.15, 0.2) is 0 Å². The van der Waals surface area contributed by atoms with Crippen molar-refractivity contribution in [3.05, 3.63) is 78.1 Å². The number of ether oxygens (including phenoxy) is 3. The summed E-state index contributed by atoms with van der Waals surface area (Å²) in [5.41, 5.74) is -0.0146. The fourth-order valence-corrected chi connectivity index (χ4v) is 7.43. The zero-order valence-electron chi connectivity index (χ0n) is 35.4. The summed E-state index contributed by atoms with van der Waals surface area (Å²) in [5, 5.41) is 4.94. The van der Waals surface area contributed by atoms with E-state index in [4.69, 9.17) is 9.47 Å². The number of anilines is 2. The number of halogens is 4. The third kappa shape index (κ3) is 10.7. The molecule has 0 saturated carbocycles. The van der Waals surface area contributed by atoms with Crippen LogP contribution >= 0.6 is 0 Å². The topological polar surface area (TPSA) is 171 Å². The molecule has 3 atom stereocenters. The maximum absolute atomic E-state index is 15.6. The molecule has 19 heteroatoms. The van der Waals surface area contributed by atoms with E-state index in [2.05, 4.69) is 30.3 Å². The van der Waals surface area contributed by atoms with Gasteiger partial charge < -0.3 is 44.5 Å². The van der Waals surface area contributed by atoms with Gasteiger partial charge in [-0.15, -0.1) is 13.2 Å². The van der Waals surface area contributed by atoms with Crippen LogP contribution in [0.3, 0.4) is 0 Å². The Bertz CT molecular complexity index is 2260. The second-order valence-corrected chi connectivity index (χ2v) is 16.5. The minimum atomic E-state index is -5.14. The van der Waals surface area contributed by atoms with E-state index < -0.39 is 53.4 Å². The lowest BCUT2D eigenvalue weighted by Gasteiger charge is -2.40. The Morgan fingerprint density at radius 1 is 0.935 bits per heavy atom. The lowest BCUT2D eigenvalue weighted by molar-refractivity contribution is -0.274. The fourth-order valence-electron chi connectivity index (χ4n) is 7.43. The highest BCUT2D eigenvalue weighted by molar-refractivity contribution is 6.04. The first-order valence-electron chi connectivity index (χ1n) is 20.1. The Morgan fingerprint density at radius 2 is 1.65 bits per heavy atom. The molecule has 0 aliphatic carbocycles. The highest BCUT2D eigenvalue weighted by Gasteiger charge is 2.38. The van der Waals surface area contributed by atoms with Gasteiger partial charge in [0.1, 0.15) is 34.9 Å². The predicted octanol–water partition coefficient (Wildman–Crippen LogP) is 7.92. The van der Waals surface area contributed by atoms with Crippen LogP contribution in [0.25, 0.3) is 22.4 Å². The molecule has 6 rings (SSSR count). The number of H-pyrrole nitrogens is 1. The van der Waals surface area contributed by atoms with Crippen LogP contribution < -0.4 is 20.3 Å². The molecule has 332 valence electrons. The largest absolute Gasteiger partial charge is 0.573 e. The average Bonchev–Trinajstić information content (AvgIpc) is 3.90. The summed E-state index contributed by atoms with van der Waals surface area (Å²) in [6, 6.07) is 9.58. The van der Waals surface area contributed by atoms with Crippen molar-refractivity contribution in [1.29, 1.82) is 0 Å². The molecule has 4 heterocycles. The Morgan fingerprint density at radius 3 is 2.26 bits per heavy atom. The number of alkyl carbamates (subject to hydrolysis) is 1. The molecule has 62 heavy (non-hydrogen) atoms. The summed E-state index contributed by atoms with van der Waals surface area (Å²) in [5.74, 6) is -1.99. The summed E-state index contributed by atoms with van der Waals surface area (Å²) in [4.78, 5) is 68.7. The van der Waals surface area contributed by atoms with Crippen molar-refractivity contribution in [2.24, 2.45) is 5.92 Å². The number of carbonyl (C=O) groups excluding carboxylic acids is 4. The van der Waals surface area contributed by atoms with Gasteiger partial charge in [0.05, 0.1) is 36.3 Å². The highest BCUT2D eigenvalue weighted by Crippen LogP contribution is 2.39. The van der Waals surface area contributed by atoms with Crippen LogP contribution in [-0.4, -0.2) is 106 Å². The third-order valence-corrected chi connectivity index (χ3v) is 10.5. The molecule has 0 radical (unpaired) electrons. The van der Waals surface area contributed by atoms with Gasteiger partial charge in [0, 0.05) is 50.0 Å². The number of hydrogen-bond donors (Lipinski definition) is 3. The molecule has 3 N–H and O–H groups in total. The number of alkyl halides is 3. The van der Waals surface area contributed by atoms with E-state index in [9.17, 15) is 32.3 Å². The van der Waals surface area contributed by atoms with E-state index >= 15 is 4.39 Å². The quantitative estimate of drug-likeness (QED) is 0.133. The van der Waals surface area contributed by atoms with Crippen molar-refractivity contribution in [2.75, 3.05) is 43.5 Å². The molecular weight excluding hydrogens is 817 g/mol. The molecular formula is C43H50F4N8O7. The molecule has 2 saturated heterocycles. The van der Waals surface area contributed by atoms with Gasteiger partial charge in [-0.1, -0.05) is 38.1 Å². The van der Waals surface area contributed by atoms with E-state index in [1.807, 2.05) is 25.7 Å². The molecule has 4 aromatic rings. The molecule has 2 aliphatic rings. The zero-order chi connectivity index (χ0) is 45.1. The average molecular weight is 867 g/mol. The van der Waals surface area contributed by atoms with Gasteiger partial charge in [-0.05, 0) is 75.8 Å². The normalized spacial score (nSPS) is 17.5. The van der Waals surface area contributed by atoms with Gasteiger partial charge >= 0.3 is 18.5 Å². The molecule has 0 spiro atoms. The molecule has 0 bridgehead atoms. The minimum Gasteiger partial charge on any atom is -0.453 e. The van der Waals surface area contributed by atoms with Gasteiger partial charge in [0.25, 0.3) is 5.91 Å². The number of likely N-dealkylation sites (tertiary alicyclic amines) is 1. The van der Waals surface area contributed by atoms with Gasteiger partial charge in [-0.2, -0.15) is 0 Å². The first-order valence-corrected chi connectivity index (χ1v) is 20.1. The Kier molecular flexibility index (Phi) is 13.3. The summed E-state index contributed by atoms with van der Waals surface area (Å²) < 4.78 is 71.2. The van der Waals surface area contributed by atoms with Crippen molar-refractivity contribution in [1.82, 2.24) is 30.1 Å². The van der Waals surface area contributed by atoms with Crippen molar-refractivity contribution in [3.8, 4) is 28.1 Å². The van der Waals surface area contributed by atoms with Crippen molar-refractivity contribution < 1.29 is 51.0 Å². The fraction of sp³-hybridized carbons (Fsp3) is 0.442. The maximum atomic E-state index is 15.6. The SMILES string of the molecule is COC(=O)N[C@H](C(=O)N1CCC[C@H]1c1ncc(-c2ccc(-c3cc(F)c(NC(=O)c4ccc(N5CCN(C(=O)OC(C)(C)C)C[C@H]5C)nc4)cc3OC(F)(F)F)cc2)[nH]1)C(C)C. The number of rotatable bonds is 10. The first-order chi connectivity index (χ1) is 29.2. The lowest BCUT2D eigenvalue weighted by atomic mass is 10.0. The van der Waals surface area contributed by atoms with Gasteiger partial charge in [-0.25, -0.2) is 23.9 Å². The number of aromatic nitrogens is 3. The molecule has 2 aromatic carbocycles. The number of hydrogen-bond acceptors (Lipinski definition) is 10. The van der Waals surface area contributed by atoms with Crippen molar-refractivity contribution in [2.45, 2.75) is 84.5 Å². The van der Waals surface area contributed by atoms with Gasteiger partial charge in [-0.3, -0.25) is 9.59 Å². The molecule has 0 unspecified atom stereocenters. The number of benzene rings is 2. The number of pyridine rings is 1. The Balaban J connectivity index is 1.15. The number of imidazole rings is 1. The highest BCUT2D eigenvalue weighted by atomic mass is 19.4. The monoisotopic (exact) mass is 866 g/mol. The second kappa shape index (κ2) is 18.3. The molecule has 15 nitrogen and oxygen atoms in total. The lowest BCUT2D eigenvalue weighted by Crippen LogP contribution is -2.54. The third-order valence-electron chi connectivity index (χ3n) is 10.5. The van der Waals surface area contributed by atoms with E-state index in [1.54, 1.807) is 55.0 Å².